The van der Waals surface area contributed by atoms with Crippen molar-refractivity contribution in [2.45, 2.75) is 27.2 Å². The first kappa shape index (κ1) is 15.7. The Morgan fingerprint density at radius 2 is 1.87 bits per heavy atom. The van der Waals surface area contributed by atoms with Crippen molar-refractivity contribution in [3.05, 3.63) is 41.7 Å². The van der Waals surface area contributed by atoms with E-state index < -0.39 is 0 Å². The molecule has 2 heterocycles. The Kier molecular flexibility index (Phi) is 4.16. The maximum Gasteiger partial charge on any atom is 0.289 e. The first-order valence-electron chi connectivity index (χ1n) is 8.19. The SMILES string of the molecule is Cc1ccc(-c2ccc(C(=O)N3CC(C)CC(C)C3)o2)c(N)c1. The number of anilines is 1. The van der Waals surface area contributed by atoms with Gasteiger partial charge in [0.1, 0.15) is 5.76 Å². The molecular weight excluding hydrogens is 288 g/mol. The predicted molar refractivity (Wildman–Crippen MR) is 92.1 cm³/mol. The van der Waals surface area contributed by atoms with Gasteiger partial charge in [-0.2, -0.15) is 0 Å². The van der Waals surface area contributed by atoms with Crippen molar-refractivity contribution in [2.24, 2.45) is 11.8 Å². The van der Waals surface area contributed by atoms with Crippen LogP contribution in [0.4, 0.5) is 5.69 Å². The lowest BCUT2D eigenvalue weighted by atomic mass is 9.92. The molecule has 3 rings (SSSR count). The fourth-order valence-corrected chi connectivity index (χ4v) is 3.49. The zero-order chi connectivity index (χ0) is 16.6. The number of hydrogen-bond donors (Lipinski definition) is 1. The Balaban J connectivity index is 1.82. The Morgan fingerprint density at radius 3 is 2.52 bits per heavy atom. The maximum absolute atomic E-state index is 12.7. The molecule has 0 bridgehead atoms. The Labute approximate surface area is 137 Å². The van der Waals surface area contributed by atoms with Crippen LogP contribution in [0.25, 0.3) is 11.3 Å². The molecular formula is C19H24N2O2. The van der Waals surface area contributed by atoms with E-state index in [2.05, 4.69) is 13.8 Å². The summed E-state index contributed by atoms with van der Waals surface area (Å²) in [6, 6.07) is 9.41. The van der Waals surface area contributed by atoms with Gasteiger partial charge in [-0.05, 0) is 55.0 Å². The Bertz CT molecular complexity index is 710. The van der Waals surface area contributed by atoms with E-state index in [0.29, 0.717) is 29.0 Å². The van der Waals surface area contributed by atoms with Gasteiger partial charge < -0.3 is 15.1 Å². The molecule has 4 heteroatoms. The minimum absolute atomic E-state index is 0.0275. The summed E-state index contributed by atoms with van der Waals surface area (Å²) < 4.78 is 5.80. The van der Waals surface area contributed by atoms with E-state index in [1.807, 2.05) is 36.1 Å². The second kappa shape index (κ2) is 6.11. The normalized spacial score (nSPS) is 21.4. The minimum Gasteiger partial charge on any atom is -0.451 e. The third kappa shape index (κ3) is 3.26. The molecule has 1 aromatic heterocycles. The molecule has 1 aliphatic rings. The molecule has 2 atom stereocenters. The average molecular weight is 312 g/mol. The molecule has 0 saturated carbocycles. The number of nitrogens with zero attached hydrogens (tertiary/aromatic N) is 1. The zero-order valence-electron chi connectivity index (χ0n) is 14.0. The summed E-state index contributed by atoms with van der Waals surface area (Å²) in [7, 11) is 0. The number of nitrogen functional groups attached to an aromatic ring is 1. The number of piperidine rings is 1. The van der Waals surface area contributed by atoms with Crippen molar-refractivity contribution in [1.82, 2.24) is 4.90 Å². The Morgan fingerprint density at radius 1 is 1.17 bits per heavy atom. The molecule has 0 radical (unpaired) electrons. The molecule has 1 aromatic carbocycles. The number of hydrogen-bond acceptors (Lipinski definition) is 3. The highest BCUT2D eigenvalue weighted by molar-refractivity contribution is 5.92. The van der Waals surface area contributed by atoms with Crippen LogP contribution in [0.2, 0.25) is 0 Å². The number of amides is 1. The number of benzene rings is 1. The maximum atomic E-state index is 12.7. The van der Waals surface area contributed by atoms with Crippen LogP contribution in [0, 0.1) is 18.8 Å². The number of furan rings is 1. The largest absolute Gasteiger partial charge is 0.451 e. The lowest BCUT2D eigenvalue weighted by Crippen LogP contribution is -2.42. The molecule has 0 spiro atoms. The quantitative estimate of drug-likeness (QED) is 0.854. The molecule has 122 valence electrons. The standard InChI is InChI=1S/C19H24N2O2/c1-12-4-5-15(16(20)9-12)17-6-7-18(23-17)19(22)21-10-13(2)8-14(3)11-21/h4-7,9,13-14H,8,10-11,20H2,1-3H3. The molecule has 23 heavy (non-hydrogen) atoms. The molecule has 2 aromatic rings. The van der Waals surface area contributed by atoms with Gasteiger partial charge in [-0.25, -0.2) is 0 Å². The lowest BCUT2D eigenvalue weighted by Gasteiger charge is -2.34. The molecule has 2 N–H and O–H groups in total. The van der Waals surface area contributed by atoms with Crippen LogP contribution >= 0.6 is 0 Å². The highest BCUT2D eigenvalue weighted by Crippen LogP contribution is 2.29. The number of carbonyl (C=O) groups is 1. The van der Waals surface area contributed by atoms with E-state index in [1.54, 1.807) is 6.07 Å². The van der Waals surface area contributed by atoms with Crippen molar-refractivity contribution in [1.29, 1.82) is 0 Å². The number of nitrogens with two attached hydrogens (primary N) is 1. The number of aryl methyl sites for hydroxylation is 1. The first-order chi connectivity index (χ1) is 10.9. The van der Waals surface area contributed by atoms with Gasteiger partial charge in [-0.15, -0.1) is 0 Å². The van der Waals surface area contributed by atoms with E-state index in [1.165, 1.54) is 6.42 Å². The second-order valence-corrected chi connectivity index (χ2v) is 6.91. The molecule has 4 nitrogen and oxygen atoms in total. The topological polar surface area (TPSA) is 59.5 Å². The fourth-order valence-electron chi connectivity index (χ4n) is 3.49. The molecule has 1 fully saturated rings. The van der Waals surface area contributed by atoms with E-state index in [4.69, 9.17) is 10.2 Å². The first-order valence-corrected chi connectivity index (χ1v) is 8.19. The molecule has 1 aliphatic heterocycles. The Hall–Kier alpha value is -2.23. The summed E-state index contributed by atoms with van der Waals surface area (Å²) in [5.41, 5.74) is 8.66. The summed E-state index contributed by atoms with van der Waals surface area (Å²) in [6.07, 6.45) is 1.17. The molecule has 0 aliphatic carbocycles. The summed E-state index contributed by atoms with van der Waals surface area (Å²) in [5.74, 6) is 2.07. The third-order valence-corrected chi connectivity index (χ3v) is 4.45. The molecule has 1 saturated heterocycles. The fraction of sp³-hybridized carbons (Fsp3) is 0.421. The highest BCUT2D eigenvalue weighted by atomic mass is 16.4. The van der Waals surface area contributed by atoms with Gasteiger partial charge in [0.05, 0.1) is 0 Å². The van der Waals surface area contributed by atoms with Crippen LogP contribution in [0.3, 0.4) is 0 Å². The van der Waals surface area contributed by atoms with E-state index in [-0.39, 0.29) is 5.91 Å². The van der Waals surface area contributed by atoms with Gasteiger partial charge >= 0.3 is 0 Å². The predicted octanol–water partition coefficient (Wildman–Crippen LogP) is 3.96. The van der Waals surface area contributed by atoms with Gasteiger partial charge in [0.15, 0.2) is 5.76 Å². The van der Waals surface area contributed by atoms with Gasteiger partial charge in [0, 0.05) is 24.3 Å². The molecule has 1 amide bonds. The molecule has 2 unspecified atom stereocenters. The second-order valence-electron chi connectivity index (χ2n) is 6.91. The third-order valence-electron chi connectivity index (χ3n) is 4.45. The van der Waals surface area contributed by atoms with Crippen LogP contribution < -0.4 is 5.73 Å². The van der Waals surface area contributed by atoms with Crippen LogP contribution in [0.1, 0.15) is 36.4 Å². The monoisotopic (exact) mass is 312 g/mol. The smallest absolute Gasteiger partial charge is 0.289 e. The summed E-state index contributed by atoms with van der Waals surface area (Å²) in [5, 5.41) is 0. The van der Waals surface area contributed by atoms with Crippen LogP contribution in [0.15, 0.2) is 34.7 Å². The average Bonchev–Trinajstić information content (AvgIpc) is 2.95. The van der Waals surface area contributed by atoms with Gasteiger partial charge in [0.25, 0.3) is 5.91 Å². The lowest BCUT2D eigenvalue weighted by molar-refractivity contribution is 0.0592. The summed E-state index contributed by atoms with van der Waals surface area (Å²) >= 11 is 0. The number of rotatable bonds is 2. The van der Waals surface area contributed by atoms with Crippen LogP contribution in [-0.4, -0.2) is 23.9 Å². The number of carbonyl (C=O) groups excluding carboxylic acids is 1. The van der Waals surface area contributed by atoms with Crippen molar-refractivity contribution in [2.75, 3.05) is 18.8 Å². The van der Waals surface area contributed by atoms with Crippen molar-refractivity contribution in [3.63, 3.8) is 0 Å². The van der Waals surface area contributed by atoms with Crippen LogP contribution in [0.5, 0.6) is 0 Å². The highest BCUT2D eigenvalue weighted by Gasteiger charge is 2.27. The van der Waals surface area contributed by atoms with Crippen molar-refractivity contribution >= 4 is 11.6 Å². The minimum atomic E-state index is -0.0275. The number of likely N-dealkylation sites (tertiary alicyclic amines) is 1. The van der Waals surface area contributed by atoms with E-state index in [9.17, 15) is 4.79 Å². The van der Waals surface area contributed by atoms with Crippen LogP contribution in [-0.2, 0) is 0 Å². The van der Waals surface area contributed by atoms with Crippen molar-refractivity contribution < 1.29 is 9.21 Å². The van der Waals surface area contributed by atoms with Gasteiger partial charge in [0.2, 0.25) is 0 Å². The summed E-state index contributed by atoms with van der Waals surface area (Å²) in [6.45, 7) is 7.97. The zero-order valence-corrected chi connectivity index (χ0v) is 14.0. The van der Waals surface area contributed by atoms with E-state index >= 15 is 0 Å². The van der Waals surface area contributed by atoms with Gasteiger partial charge in [-0.3, -0.25) is 4.79 Å². The van der Waals surface area contributed by atoms with E-state index in [0.717, 1.165) is 24.2 Å². The van der Waals surface area contributed by atoms with Crippen molar-refractivity contribution in [3.8, 4) is 11.3 Å². The van der Waals surface area contributed by atoms with Gasteiger partial charge in [-0.1, -0.05) is 19.9 Å². The summed E-state index contributed by atoms with van der Waals surface area (Å²) in [4.78, 5) is 14.6.